The zero-order chi connectivity index (χ0) is 17.6. The zero-order valence-electron chi connectivity index (χ0n) is 12.9. The molecule has 0 atom stereocenters. The van der Waals surface area contributed by atoms with Crippen molar-refractivity contribution >= 4 is 64.7 Å². The quantitative estimate of drug-likeness (QED) is 0.353. The Balaban J connectivity index is 2.02. The lowest BCUT2D eigenvalue weighted by Crippen LogP contribution is -1.98. The van der Waals surface area contributed by atoms with Crippen LogP contribution in [0, 0.1) is 0 Å². The molecular weight excluding hydrogens is 508 g/mol. The molecule has 122 valence electrons. The van der Waals surface area contributed by atoms with Crippen LogP contribution in [0.5, 0.6) is 0 Å². The summed E-state index contributed by atoms with van der Waals surface area (Å²) in [6, 6.07) is 21.8. The molecule has 0 radical (unpaired) electrons. The first-order chi connectivity index (χ1) is 12.0. The number of hydrogen-bond acceptors (Lipinski definition) is 1. The highest BCUT2D eigenvalue weighted by Gasteiger charge is 2.31. The predicted molar refractivity (Wildman–Crippen MR) is 113 cm³/mol. The molecule has 3 aromatic rings. The largest absolute Gasteiger partial charge is 0.289 e. The molecule has 1 nitrogen and oxygen atoms in total. The number of rotatable bonds is 2. The average molecular weight is 519 g/mol. The monoisotopic (exact) mass is 516 g/mol. The number of halogens is 3. The molecule has 0 saturated heterocycles. The Labute approximate surface area is 171 Å². The van der Waals surface area contributed by atoms with E-state index in [4.69, 9.17) is 0 Å². The molecule has 0 bridgehead atoms. The summed E-state index contributed by atoms with van der Waals surface area (Å²) < 4.78 is 2.97. The number of ketones is 1. The molecule has 0 heterocycles. The molecule has 4 rings (SSSR count). The van der Waals surface area contributed by atoms with Crippen molar-refractivity contribution in [2.24, 2.45) is 0 Å². The van der Waals surface area contributed by atoms with E-state index in [-0.39, 0.29) is 5.78 Å². The van der Waals surface area contributed by atoms with Crippen LogP contribution < -0.4 is 0 Å². The number of allylic oxidation sites excluding steroid dienone is 1. The highest BCUT2D eigenvalue weighted by molar-refractivity contribution is 9.11. The van der Waals surface area contributed by atoms with Gasteiger partial charge in [-0.05, 0) is 59.2 Å². The van der Waals surface area contributed by atoms with E-state index < -0.39 is 0 Å². The molecule has 0 aliphatic heterocycles. The van der Waals surface area contributed by atoms with Crippen molar-refractivity contribution in [3.63, 3.8) is 0 Å². The topological polar surface area (TPSA) is 17.1 Å². The Hall–Kier alpha value is -1.49. The van der Waals surface area contributed by atoms with Gasteiger partial charge < -0.3 is 0 Å². The highest BCUT2D eigenvalue weighted by Crippen LogP contribution is 2.43. The number of carbonyl (C=O) groups excluding carboxylic acids is 1. The van der Waals surface area contributed by atoms with Gasteiger partial charge in [0.05, 0.1) is 0 Å². The van der Waals surface area contributed by atoms with Crippen molar-refractivity contribution in [3.05, 3.63) is 102 Å². The number of benzene rings is 3. The molecule has 3 aromatic carbocycles. The van der Waals surface area contributed by atoms with Gasteiger partial charge in [-0.25, -0.2) is 0 Å². The van der Waals surface area contributed by atoms with Gasteiger partial charge in [0.25, 0.3) is 0 Å². The normalized spacial score (nSPS) is 13.3. The SMILES string of the molecule is O=C1C(c2ccc(Br)cc2)=C(c2ccc(Br)cc2)c2cc(Br)ccc21. The number of carbonyl (C=O) groups is 1. The first kappa shape index (κ1) is 17.0. The van der Waals surface area contributed by atoms with Crippen molar-refractivity contribution in [2.75, 3.05) is 0 Å². The molecule has 0 fully saturated rings. The van der Waals surface area contributed by atoms with Gasteiger partial charge in [0.1, 0.15) is 0 Å². The Bertz CT molecular complexity index is 1020. The van der Waals surface area contributed by atoms with E-state index in [1.807, 2.05) is 66.7 Å². The molecule has 25 heavy (non-hydrogen) atoms. The van der Waals surface area contributed by atoms with Gasteiger partial charge in [-0.1, -0.05) is 72.1 Å². The summed E-state index contributed by atoms with van der Waals surface area (Å²) in [5.74, 6) is 0.0720. The van der Waals surface area contributed by atoms with E-state index >= 15 is 0 Å². The predicted octanol–water partition coefficient (Wildman–Crippen LogP) is 7.13. The lowest BCUT2D eigenvalue weighted by atomic mass is 9.94. The standard InChI is InChI=1S/C21H11Br3O/c22-14-5-1-12(2-6-14)19-18-11-16(24)9-10-17(18)21(25)20(19)13-3-7-15(23)8-4-13/h1-11H. The van der Waals surface area contributed by atoms with Crippen LogP contribution in [0.4, 0.5) is 0 Å². The Morgan fingerprint density at radius 2 is 1.00 bits per heavy atom. The van der Waals surface area contributed by atoms with Crippen molar-refractivity contribution in [3.8, 4) is 0 Å². The van der Waals surface area contributed by atoms with E-state index in [9.17, 15) is 4.79 Å². The van der Waals surface area contributed by atoms with E-state index in [0.717, 1.165) is 46.8 Å². The van der Waals surface area contributed by atoms with Crippen LogP contribution in [0.15, 0.2) is 80.1 Å². The minimum absolute atomic E-state index is 0.0720. The van der Waals surface area contributed by atoms with Crippen LogP contribution in [0.25, 0.3) is 11.1 Å². The van der Waals surface area contributed by atoms with Crippen LogP contribution in [-0.4, -0.2) is 5.78 Å². The fourth-order valence-electron chi connectivity index (χ4n) is 3.11. The summed E-state index contributed by atoms with van der Waals surface area (Å²) in [5.41, 5.74) is 5.42. The maximum Gasteiger partial charge on any atom is 0.194 e. The van der Waals surface area contributed by atoms with Crippen molar-refractivity contribution in [1.29, 1.82) is 0 Å². The van der Waals surface area contributed by atoms with Gasteiger partial charge in [-0.2, -0.15) is 0 Å². The number of hydrogen-bond donors (Lipinski definition) is 0. The van der Waals surface area contributed by atoms with Gasteiger partial charge in [-0.15, -0.1) is 0 Å². The minimum Gasteiger partial charge on any atom is -0.289 e. The van der Waals surface area contributed by atoms with Gasteiger partial charge in [0.2, 0.25) is 0 Å². The first-order valence-electron chi connectivity index (χ1n) is 7.65. The third-order valence-corrected chi connectivity index (χ3v) is 5.79. The maximum absolute atomic E-state index is 13.1. The van der Waals surface area contributed by atoms with Gasteiger partial charge >= 0.3 is 0 Å². The van der Waals surface area contributed by atoms with Crippen LogP contribution in [0.1, 0.15) is 27.0 Å². The second kappa shape index (κ2) is 6.67. The number of fused-ring (bicyclic) bond motifs is 1. The van der Waals surface area contributed by atoms with E-state index in [0.29, 0.717) is 0 Å². The van der Waals surface area contributed by atoms with Gasteiger partial charge in [-0.3, -0.25) is 4.79 Å². The second-order valence-electron chi connectivity index (χ2n) is 5.78. The fraction of sp³-hybridized carbons (Fsp3) is 0. The number of Topliss-reactive ketones (excluding diaryl/α,β-unsaturated/α-hetero) is 1. The Kier molecular flexibility index (Phi) is 4.52. The molecule has 0 amide bonds. The molecule has 0 spiro atoms. The maximum atomic E-state index is 13.1. The van der Waals surface area contributed by atoms with Crippen molar-refractivity contribution in [2.45, 2.75) is 0 Å². The third kappa shape index (κ3) is 3.07. The smallest absolute Gasteiger partial charge is 0.194 e. The summed E-state index contributed by atoms with van der Waals surface area (Å²) in [7, 11) is 0. The van der Waals surface area contributed by atoms with Gasteiger partial charge in [0.15, 0.2) is 5.78 Å². The van der Waals surface area contributed by atoms with E-state index in [1.54, 1.807) is 0 Å². The minimum atomic E-state index is 0.0720. The van der Waals surface area contributed by atoms with Crippen molar-refractivity contribution in [1.82, 2.24) is 0 Å². The lowest BCUT2D eigenvalue weighted by molar-refractivity contribution is 0.105. The summed E-state index contributed by atoms with van der Waals surface area (Å²) >= 11 is 10.5. The Morgan fingerprint density at radius 3 is 1.56 bits per heavy atom. The summed E-state index contributed by atoms with van der Waals surface area (Å²) in [6.07, 6.45) is 0. The molecule has 1 aliphatic carbocycles. The molecule has 0 saturated carbocycles. The average Bonchev–Trinajstić information content (AvgIpc) is 2.88. The van der Waals surface area contributed by atoms with E-state index in [2.05, 4.69) is 47.8 Å². The Morgan fingerprint density at radius 1 is 0.520 bits per heavy atom. The van der Waals surface area contributed by atoms with Gasteiger partial charge in [0, 0.05) is 30.1 Å². The van der Waals surface area contributed by atoms with Crippen LogP contribution in [-0.2, 0) is 0 Å². The summed E-state index contributed by atoms with van der Waals surface area (Å²) in [6.45, 7) is 0. The van der Waals surface area contributed by atoms with Crippen molar-refractivity contribution < 1.29 is 4.79 Å². The zero-order valence-corrected chi connectivity index (χ0v) is 17.7. The second-order valence-corrected chi connectivity index (χ2v) is 8.53. The highest BCUT2D eigenvalue weighted by atomic mass is 79.9. The molecular formula is C21H11Br3O. The molecule has 4 heteroatoms. The molecule has 1 aliphatic rings. The first-order valence-corrected chi connectivity index (χ1v) is 10.0. The molecule has 0 aromatic heterocycles. The fourth-order valence-corrected chi connectivity index (χ4v) is 4.00. The van der Waals surface area contributed by atoms with Crippen LogP contribution in [0.2, 0.25) is 0 Å². The van der Waals surface area contributed by atoms with Crippen LogP contribution >= 0.6 is 47.8 Å². The molecule has 0 N–H and O–H groups in total. The van der Waals surface area contributed by atoms with E-state index in [1.165, 1.54) is 0 Å². The lowest BCUT2D eigenvalue weighted by Gasteiger charge is -2.09. The molecule has 0 unspecified atom stereocenters. The van der Waals surface area contributed by atoms with Crippen LogP contribution in [0.3, 0.4) is 0 Å². The summed E-state index contributed by atoms with van der Waals surface area (Å²) in [4.78, 5) is 13.1. The third-order valence-electron chi connectivity index (χ3n) is 4.24. The summed E-state index contributed by atoms with van der Waals surface area (Å²) in [5, 5.41) is 0.